The normalized spacial score (nSPS) is 10.4. The van der Waals surface area contributed by atoms with Crippen LogP contribution >= 0.6 is 0 Å². The van der Waals surface area contributed by atoms with E-state index >= 15 is 0 Å². The molecule has 1 amide bonds. The zero-order valence-corrected chi connectivity index (χ0v) is 14.6. The zero-order valence-electron chi connectivity index (χ0n) is 14.6. The molecule has 0 spiro atoms. The first-order valence-corrected chi connectivity index (χ1v) is 8.25. The summed E-state index contributed by atoms with van der Waals surface area (Å²) in [6, 6.07) is 15.9. The summed E-state index contributed by atoms with van der Waals surface area (Å²) < 4.78 is 6.75. The Hall–Kier alpha value is -3.41. The van der Waals surface area contributed by atoms with Crippen LogP contribution in [0.25, 0.3) is 5.69 Å². The van der Waals surface area contributed by atoms with E-state index in [1.165, 1.54) is 0 Å². The van der Waals surface area contributed by atoms with Gasteiger partial charge in [-0.15, -0.1) is 0 Å². The monoisotopic (exact) mass is 349 g/mol. The number of rotatable bonds is 6. The minimum absolute atomic E-state index is 0.0323. The largest absolute Gasteiger partial charge is 0.497 e. The SMILES string of the molecule is CCC(=O)c1cccc(NC(=O)c2ccn(-c3ccc(OC)cc3)n2)c1. The highest BCUT2D eigenvalue weighted by Gasteiger charge is 2.12. The fourth-order valence-corrected chi connectivity index (χ4v) is 2.49. The average molecular weight is 349 g/mol. The molecule has 26 heavy (non-hydrogen) atoms. The molecule has 2 aromatic carbocycles. The van der Waals surface area contributed by atoms with E-state index in [1.54, 1.807) is 55.2 Å². The third-order valence-electron chi connectivity index (χ3n) is 3.92. The van der Waals surface area contributed by atoms with Gasteiger partial charge in [0.1, 0.15) is 5.75 Å². The maximum absolute atomic E-state index is 12.4. The molecule has 1 N–H and O–H groups in total. The van der Waals surface area contributed by atoms with Crippen molar-refractivity contribution in [1.29, 1.82) is 0 Å². The smallest absolute Gasteiger partial charge is 0.276 e. The second-order valence-corrected chi connectivity index (χ2v) is 5.66. The van der Waals surface area contributed by atoms with Crippen molar-refractivity contribution >= 4 is 17.4 Å². The van der Waals surface area contributed by atoms with E-state index in [1.807, 2.05) is 24.3 Å². The topological polar surface area (TPSA) is 73.2 Å². The number of ether oxygens (including phenoxy) is 1. The van der Waals surface area contributed by atoms with Crippen molar-refractivity contribution < 1.29 is 14.3 Å². The van der Waals surface area contributed by atoms with E-state index < -0.39 is 0 Å². The quantitative estimate of drug-likeness (QED) is 0.688. The van der Waals surface area contributed by atoms with Crippen LogP contribution in [-0.4, -0.2) is 28.6 Å². The number of amides is 1. The first kappa shape index (κ1) is 17.4. The third kappa shape index (κ3) is 3.80. The van der Waals surface area contributed by atoms with Gasteiger partial charge in [0.15, 0.2) is 11.5 Å². The number of hydrogen-bond donors (Lipinski definition) is 1. The van der Waals surface area contributed by atoms with Gasteiger partial charge in [-0.25, -0.2) is 4.68 Å². The van der Waals surface area contributed by atoms with Crippen LogP contribution in [0, 0.1) is 0 Å². The Morgan fingerprint density at radius 1 is 1.12 bits per heavy atom. The molecule has 1 aromatic heterocycles. The predicted octanol–water partition coefficient (Wildman–Crippen LogP) is 3.73. The van der Waals surface area contributed by atoms with Crippen molar-refractivity contribution in [1.82, 2.24) is 9.78 Å². The highest BCUT2D eigenvalue weighted by Crippen LogP contribution is 2.16. The van der Waals surface area contributed by atoms with E-state index in [0.29, 0.717) is 17.7 Å². The van der Waals surface area contributed by atoms with Gasteiger partial charge < -0.3 is 10.1 Å². The van der Waals surface area contributed by atoms with Crippen LogP contribution in [0.15, 0.2) is 60.8 Å². The lowest BCUT2D eigenvalue weighted by molar-refractivity contribution is 0.0985. The summed E-state index contributed by atoms with van der Waals surface area (Å²) >= 11 is 0. The Morgan fingerprint density at radius 3 is 2.58 bits per heavy atom. The lowest BCUT2D eigenvalue weighted by Crippen LogP contribution is -2.13. The number of aromatic nitrogens is 2. The van der Waals surface area contributed by atoms with E-state index in [0.717, 1.165) is 11.4 Å². The van der Waals surface area contributed by atoms with E-state index in [2.05, 4.69) is 10.4 Å². The first-order valence-electron chi connectivity index (χ1n) is 8.25. The minimum atomic E-state index is -0.335. The summed E-state index contributed by atoms with van der Waals surface area (Å²) in [6.45, 7) is 1.80. The number of carbonyl (C=O) groups excluding carboxylic acids is 2. The molecule has 3 rings (SSSR count). The lowest BCUT2D eigenvalue weighted by atomic mass is 10.1. The second kappa shape index (κ2) is 7.65. The Kier molecular flexibility index (Phi) is 5.12. The fourth-order valence-electron chi connectivity index (χ4n) is 2.49. The Morgan fingerprint density at radius 2 is 1.88 bits per heavy atom. The molecule has 0 unspecified atom stereocenters. The van der Waals surface area contributed by atoms with Crippen LogP contribution in [0.2, 0.25) is 0 Å². The molecule has 6 nitrogen and oxygen atoms in total. The zero-order chi connectivity index (χ0) is 18.5. The summed E-state index contributed by atoms with van der Waals surface area (Å²) in [6.07, 6.45) is 2.14. The summed E-state index contributed by atoms with van der Waals surface area (Å²) in [7, 11) is 1.61. The number of hydrogen-bond acceptors (Lipinski definition) is 4. The van der Waals surface area contributed by atoms with Gasteiger partial charge in [-0.05, 0) is 42.5 Å². The van der Waals surface area contributed by atoms with E-state index in [9.17, 15) is 9.59 Å². The maximum atomic E-state index is 12.4. The summed E-state index contributed by atoms with van der Waals surface area (Å²) in [5.74, 6) is 0.448. The summed E-state index contributed by atoms with van der Waals surface area (Å²) in [4.78, 5) is 24.2. The van der Waals surface area contributed by atoms with Gasteiger partial charge in [-0.2, -0.15) is 5.10 Å². The van der Waals surface area contributed by atoms with Gasteiger partial charge in [0.2, 0.25) is 0 Å². The van der Waals surface area contributed by atoms with Crippen molar-refractivity contribution in [2.24, 2.45) is 0 Å². The van der Waals surface area contributed by atoms with Crippen molar-refractivity contribution in [3.63, 3.8) is 0 Å². The fraction of sp³-hybridized carbons (Fsp3) is 0.150. The standard InChI is InChI=1S/C20H19N3O3/c1-3-19(24)14-5-4-6-15(13-14)21-20(25)18-11-12-23(22-18)16-7-9-17(26-2)10-8-16/h4-13H,3H2,1-2H3,(H,21,25). The molecule has 1 heterocycles. The maximum Gasteiger partial charge on any atom is 0.276 e. The molecule has 6 heteroatoms. The molecular weight excluding hydrogens is 330 g/mol. The molecule has 0 saturated carbocycles. The Bertz CT molecular complexity index is 929. The molecule has 0 aliphatic rings. The number of nitrogens with zero attached hydrogens (tertiary/aromatic N) is 2. The van der Waals surface area contributed by atoms with Crippen LogP contribution in [0.1, 0.15) is 34.2 Å². The van der Waals surface area contributed by atoms with Gasteiger partial charge in [0, 0.05) is 23.9 Å². The van der Waals surface area contributed by atoms with E-state index in [4.69, 9.17) is 4.74 Å². The van der Waals surface area contributed by atoms with Crippen LogP contribution in [0.5, 0.6) is 5.75 Å². The van der Waals surface area contributed by atoms with Crippen molar-refractivity contribution in [2.75, 3.05) is 12.4 Å². The molecule has 0 atom stereocenters. The van der Waals surface area contributed by atoms with Gasteiger partial charge in [0.05, 0.1) is 12.8 Å². The highest BCUT2D eigenvalue weighted by molar-refractivity contribution is 6.04. The molecule has 0 bridgehead atoms. The van der Waals surface area contributed by atoms with Gasteiger partial charge in [0.25, 0.3) is 5.91 Å². The molecule has 0 fully saturated rings. The summed E-state index contributed by atoms with van der Waals surface area (Å²) in [5, 5.41) is 7.08. The number of methoxy groups -OCH3 is 1. The molecule has 0 saturated heterocycles. The van der Waals surface area contributed by atoms with Crippen molar-refractivity contribution in [3.8, 4) is 11.4 Å². The molecule has 0 aliphatic heterocycles. The third-order valence-corrected chi connectivity index (χ3v) is 3.92. The lowest BCUT2D eigenvalue weighted by Gasteiger charge is -2.06. The number of ketones is 1. The highest BCUT2D eigenvalue weighted by atomic mass is 16.5. The molecule has 0 aliphatic carbocycles. The van der Waals surface area contributed by atoms with Gasteiger partial charge >= 0.3 is 0 Å². The first-order chi connectivity index (χ1) is 12.6. The van der Waals surface area contributed by atoms with Crippen LogP contribution in [0.3, 0.4) is 0 Å². The molecule has 0 radical (unpaired) electrons. The van der Waals surface area contributed by atoms with Gasteiger partial charge in [-0.1, -0.05) is 19.1 Å². The van der Waals surface area contributed by atoms with Crippen LogP contribution in [0.4, 0.5) is 5.69 Å². The van der Waals surface area contributed by atoms with Gasteiger partial charge in [-0.3, -0.25) is 9.59 Å². The minimum Gasteiger partial charge on any atom is -0.497 e. The van der Waals surface area contributed by atoms with Crippen molar-refractivity contribution in [2.45, 2.75) is 13.3 Å². The Balaban J connectivity index is 1.75. The number of anilines is 1. The number of Topliss-reactive ketones (excluding diaryl/α,β-unsaturated/α-hetero) is 1. The second-order valence-electron chi connectivity index (χ2n) is 5.66. The number of benzene rings is 2. The predicted molar refractivity (Wildman–Crippen MR) is 99.1 cm³/mol. The molecule has 3 aromatic rings. The Labute approximate surface area is 151 Å². The van der Waals surface area contributed by atoms with Crippen LogP contribution in [-0.2, 0) is 0 Å². The van der Waals surface area contributed by atoms with Crippen LogP contribution < -0.4 is 10.1 Å². The summed E-state index contributed by atoms with van der Waals surface area (Å²) in [5.41, 5.74) is 2.25. The van der Waals surface area contributed by atoms with Crippen molar-refractivity contribution in [3.05, 3.63) is 72.1 Å². The molecule has 132 valence electrons. The molecular formula is C20H19N3O3. The van der Waals surface area contributed by atoms with E-state index in [-0.39, 0.29) is 17.4 Å². The average Bonchev–Trinajstić information content (AvgIpc) is 3.18. The number of carbonyl (C=O) groups is 2. The number of nitrogens with one attached hydrogen (secondary N) is 1.